The Hall–Kier alpha value is -1.86. The molecule has 0 spiro atoms. The molecular weight excluding hydrogens is 202 g/mol. The van der Waals surface area contributed by atoms with Gasteiger partial charge in [0.1, 0.15) is 6.07 Å². The van der Waals surface area contributed by atoms with E-state index in [0.29, 0.717) is 17.0 Å². The molecule has 1 aromatic carbocycles. The molecule has 0 aliphatic rings. The Labute approximate surface area is 85.8 Å². The highest BCUT2D eigenvalue weighted by Crippen LogP contribution is 2.12. The molecule has 0 saturated carbocycles. The SMILES string of the molecule is N#CC(C=O)=NNc1ccc(Cl)cc1. The standard InChI is InChI=1S/C9H6ClN3O/c10-7-1-3-8(4-2-7)12-13-9(5-11)6-14/h1-4,6,12H. The lowest BCUT2D eigenvalue weighted by molar-refractivity contribution is -0.102. The van der Waals surface area contributed by atoms with Gasteiger partial charge in [0.05, 0.1) is 5.69 Å². The predicted octanol–water partition coefficient (Wildman–Crippen LogP) is 1.83. The van der Waals surface area contributed by atoms with Gasteiger partial charge < -0.3 is 0 Å². The van der Waals surface area contributed by atoms with E-state index in [1.165, 1.54) is 0 Å². The van der Waals surface area contributed by atoms with Gasteiger partial charge in [-0.3, -0.25) is 10.2 Å². The van der Waals surface area contributed by atoms with Crippen LogP contribution in [-0.4, -0.2) is 12.0 Å². The summed E-state index contributed by atoms with van der Waals surface area (Å²) in [4.78, 5) is 10.2. The van der Waals surface area contributed by atoms with Crippen LogP contribution in [0, 0.1) is 11.3 Å². The Bertz CT molecular complexity index is 392. The summed E-state index contributed by atoms with van der Waals surface area (Å²) in [6.07, 6.45) is 0.378. The van der Waals surface area contributed by atoms with Crippen molar-refractivity contribution in [2.75, 3.05) is 5.43 Å². The first-order chi connectivity index (χ1) is 6.76. The second-order valence-electron chi connectivity index (χ2n) is 2.35. The fourth-order valence-corrected chi connectivity index (χ4v) is 0.853. The second kappa shape index (κ2) is 5.00. The molecule has 0 aliphatic heterocycles. The van der Waals surface area contributed by atoms with E-state index in [1.807, 2.05) is 0 Å². The van der Waals surface area contributed by atoms with Crippen LogP contribution in [0.15, 0.2) is 29.4 Å². The number of benzene rings is 1. The van der Waals surface area contributed by atoms with E-state index < -0.39 is 0 Å². The van der Waals surface area contributed by atoms with Crippen molar-refractivity contribution in [1.29, 1.82) is 5.26 Å². The Morgan fingerprint density at radius 1 is 1.50 bits per heavy atom. The molecule has 1 N–H and O–H groups in total. The number of carbonyl (C=O) groups is 1. The normalized spacial score (nSPS) is 10.4. The Kier molecular flexibility index (Phi) is 3.65. The third-order valence-electron chi connectivity index (χ3n) is 1.38. The molecule has 1 aromatic rings. The predicted molar refractivity (Wildman–Crippen MR) is 54.2 cm³/mol. The number of anilines is 1. The average molecular weight is 208 g/mol. The van der Waals surface area contributed by atoms with Crippen molar-refractivity contribution in [3.63, 3.8) is 0 Å². The third-order valence-corrected chi connectivity index (χ3v) is 1.63. The van der Waals surface area contributed by atoms with Gasteiger partial charge in [-0.15, -0.1) is 0 Å². The lowest BCUT2D eigenvalue weighted by Crippen LogP contribution is -1.99. The number of halogens is 1. The molecule has 4 nitrogen and oxygen atoms in total. The number of nitriles is 1. The Balaban J connectivity index is 2.71. The third kappa shape index (κ3) is 2.88. The maximum absolute atomic E-state index is 10.2. The molecule has 14 heavy (non-hydrogen) atoms. The number of carbonyl (C=O) groups excluding carboxylic acids is 1. The van der Waals surface area contributed by atoms with Gasteiger partial charge in [-0.2, -0.15) is 10.4 Å². The summed E-state index contributed by atoms with van der Waals surface area (Å²) in [5.41, 5.74) is 3.00. The molecule has 0 amide bonds. The van der Waals surface area contributed by atoms with Crippen LogP contribution < -0.4 is 5.43 Å². The van der Waals surface area contributed by atoms with Gasteiger partial charge in [0, 0.05) is 5.02 Å². The summed E-state index contributed by atoms with van der Waals surface area (Å²) in [5.74, 6) is 0. The fraction of sp³-hybridized carbons (Fsp3) is 0. The summed E-state index contributed by atoms with van der Waals surface area (Å²) in [5, 5.41) is 12.5. The number of nitrogens with zero attached hydrogens (tertiary/aromatic N) is 2. The molecule has 0 fully saturated rings. The van der Waals surface area contributed by atoms with Crippen molar-refractivity contribution in [1.82, 2.24) is 0 Å². The van der Waals surface area contributed by atoms with Crippen LogP contribution in [0.1, 0.15) is 0 Å². The van der Waals surface area contributed by atoms with Gasteiger partial charge in [-0.25, -0.2) is 0 Å². The fourth-order valence-electron chi connectivity index (χ4n) is 0.727. The number of rotatable bonds is 3. The van der Waals surface area contributed by atoms with Crippen molar-refractivity contribution in [2.45, 2.75) is 0 Å². The molecule has 0 heterocycles. The summed E-state index contributed by atoms with van der Waals surface area (Å²) < 4.78 is 0. The minimum atomic E-state index is -0.208. The van der Waals surface area contributed by atoms with Crippen molar-refractivity contribution in [3.8, 4) is 6.07 Å². The lowest BCUT2D eigenvalue weighted by atomic mass is 10.3. The van der Waals surface area contributed by atoms with E-state index in [2.05, 4.69) is 10.5 Å². The van der Waals surface area contributed by atoms with E-state index in [-0.39, 0.29) is 5.71 Å². The number of aldehydes is 1. The first kappa shape index (κ1) is 10.2. The summed E-state index contributed by atoms with van der Waals surface area (Å²) >= 11 is 5.66. The molecule has 0 radical (unpaired) electrons. The maximum Gasteiger partial charge on any atom is 0.200 e. The van der Waals surface area contributed by atoms with Gasteiger partial charge in [0.25, 0.3) is 0 Å². The van der Waals surface area contributed by atoms with Gasteiger partial charge in [-0.1, -0.05) is 11.6 Å². The number of hydrazone groups is 1. The van der Waals surface area contributed by atoms with E-state index in [4.69, 9.17) is 16.9 Å². The number of hydrogen-bond acceptors (Lipinski definition) is 4. The van der Waals surface area contributed by atoms with Crippen LogP contribution in [0.3, 0.4) is 0 Å². The summed E-state index contributed by atoms with van der Waals surface area (Å²) in [7, 11) is 0. The zero-order chi connectivity index (χ0) is 10.4. The Morgan fingerprint density at radius 3 is 2.64 bits per heavy atom. The second-order valence-corrected chi connectivity index (χ2v) is 2.78. The lowest BCUT2D eigenvalue weighted by Gasteiger charge is -1.98. The quantitative estimate of drug-likeness (QED) is 0.467. The summed E-state index contributed by atoms with van der Waals surface area (Å²) in [6, 6.07) is 8.34. The smallest absolute Gasteiger partial charge is 0.200 e. The highest BCUT2D eigenvalue weighted by atomic mass is 35.5. The van der Waals surface area contributed by atoms with Crippen LogP contribution in [0.25, 0.3) is 0 Å². The molecule has 0 aliphatic carbocycles. The van der Waals surface area contributed by atoms with Crippen LogP contribution >= 0.6 is 11.6 Å². The van der Waals surface area contributed by atoms with Crippen molar-refractivity contribution >= 4 is 29.3 Å². The van der Waals surface area contributed by atoms with Crippen molar-refractivity contribution in [2.24, 2.45) is 5.10 Å². The molecule has 5 heteroatoms. The van der Waals surface area contributed by atoms with Crippen LogP contribution in [-0.2, 0) is 4.79 Å². The molecule has 70 valence electrons. The van der Waals surface area contributed by atoms with Crippen LogP contribution in [0.2, 0.25) is 5.02 Å². The van der Waals surface area contributed by atoms with Gasteiger partial charge >= 0.3 is 0 Å². The monoisotopic (exact) mass is 207 g/mol. The average Bonchev–Trinajstić information content (AvgIpc) is 2.22. The molecule has 0 atom stereocenters. The maximum atomic E-state index is 10.2. The molecule has 0 bridgehead atoms. The first-order valence-electron chi connectivity index (χ1n) is 3.71. The van der Waals surface area contributed by atoms with E-state index in [1.54, 1.807) is 30.3 Å². The van der Waals surface area contributed by atoms with Gasteiger partial charge in [-0.05, 0) is 24.3 Å². The summed E-state index contributed by atoms with van der Waals surface area (Å²) in [6.45, 7) is 0. The zero-order valence-corrected chi connectivity index (χ0v) is 7.82. The topological polar surface area (TPSA) is 65.2 Å². The number of nitrogens with one attached hydrogen (secondary N) is 1. The van der Waals surface area contributed by atoms with Gasteiger partial charge in [0.15, 0.2) is 12.0 Å². The minimum Gasteiger partial charge on any atom is -0.295 e. The van der Waals surface area contributed by atoms with Crippen molar-refractivity contribution < 1.29 is 4.79 Å². The molecule has 0 unspecified atom stereocenters. The minimum absolute atomic E-state index is 0.208. The van der Waals surface area contributed by atoms with Crippen molar-refractivity contribution in [3.05, 3.63) is 29.3 Å². The molecule has 0 saturated heterocycles. The molecule has 0 aromatic heterocycles. The Morgan fingerprint density at radius 2 is 2.14 bits per heavy atom. The highest BCUT2D eigenvalue weighted by molar-refractivity contribution is 6.36. The van der Waals surface area contributed by atoms with Gasteiger partial charge in [0.2, 0.25) is 0 Å². The molecular formula is C9H6ClN3O. The zero-order valence-electron chi connectivity index (χ0n) is 7.07. The highest BCUT2D eigenvalue weighted by Gasteiger charge is 1.93. The van der Waals surface area contributed by atoms with Crippen LogP contribution in [0.5, 0.6) is 0 Å². The first-order valence-corrected chi connectivity index (χ1v) is 4.08. The van der Waals surface area contributed by atoms with E-state index in [0.717, 1.165) is 0 Å². The van der Waals surface area contributed by atoms with E-state index >= 15 is 0 Å². The van der Waals surface area contributed by atoms with E-state index in [9.17, 15) is 4.79 Å². The largest absolute Gasteiger partial charge is 0.295 e. The number of hydrogen-bond donors (Lipinski definition) is 1. The van der Waals surface area contributed by atoms with Crippen LogP contribution in [0.4, 0.5) is 5.69 Å². The molecule has 1 rings (SSSR count).